The fourth-order valence-electron chi connectivity index (χ4n) is 2.02. The number of nitrogens with zero attached hydrogens (tertiary/aromatic N) is 3. The molecular weight excluding hydrogens is 271 g/mol. The fraction of sp³-hybridized carbons (Fsp3) is 0.0667. The molecule has 0 saturated heterocycles. The Morgan fingerprint density at radius 2 is 2.05 bits per heavy atom. The van der Waals surface area contributed by atoms with Crippen LogP contribution < -0.4 is 10.5 Å². The van der Waals surface area contributed by atoms with Crippen molar-refractivity contribution in [1.29, 1.82) is 0 Å². The van der Waals surface area contributed by atoms with Crippen molar-refractivity contribution < 1.29 is 9.13 Å². The van der Waals surface area contributed by atoms with E-state index in [0.717, 1.165) is 5.69 Å². The zero-order valence-corrected chi connectivity index (χ0v) is 11.3. The van der Waals surface area contributed by atoms with Gasteiger partial charge in [-0.25, -0.2) is 9.07 Å². The van der Waals surface area contributed by atoms with Gasteiger partial charge in [0.15, 0.2) is 11.6 Å². The van der Waals surface area contributed by atoms with E-state index in [9.17, 15) is 4.39 Å². The number of methoxy groups -OCH3 is 1. The van der Waals surface area contributed by atoms with Crippen molar-refractivity contribution in [2.75, 3.05) is 12.8 Å². The molecule has 0 aliphatic carbocycles. The lowest BCUT2D eigenvalue weighted by molar-refractivity contribution is 0.386. The summed E-state index contributed by atoms with van der Waals surface area (Å²) in [5, 5.41) is 8.09. The van der Waals surface area contributed by atoms with E-state index >= 15 is 0 Å². The lowest BCUT2D eigenvalue weighted by Crippen LogP contribution is -1.95. The average molecular weight is 284 g/mol. The van der Waals surface area contributed by atoms with Crippen LogP contribution in [0.5, 0.6) is 5.75 Å². The van der Waals surface area contributed by atoms with E-state index in [0.29, 0.717) is 16.9 Å². The summed E-state index contributed by atoms with van der Waals surface area (Å²) in [5.74, 6) is -0.240. The molecule has 0 amide bonds. The fourth-order valence-corrected chi connectivity index (χ4v) is 2.02. The van der Waals surface area contributed by atoms with Crippen molar-refractivity contribution in [1.82, 2.24) is 15.0 Å². The van der Waals surface area contributed by atoms with Crippen molar-refractivity contribution >= 4 is 5.69 Å². The molecule has 5 nitrogen and oxygen atoms in total. The number of hydrogen-bond acceptors (Lipinski definition) is 4. The standard InChI is InChI=1S/C15H13FN4O/c1-21-15-6-5-10(7-13(15)16)14-9-20(19-18-14)12-4-2-3-11(17)8-12/h2-9H,17H2,1H3. The van der Waals surface area contributed by atoms with Gasteiger partial charge in [-0.15, -0.1) is 5.10 Å². The maximum absolute atomic E-state index is 13.7. The number of rotatable bonds is 3. The highest BCUT2D eigenvalue weighted by molar-refractivity contribution is 5.60. The highest BCUT2D eigenvalue weighted by Gasteiger charge is 2.09. The van der Waals surface area contributed by atoms with Crippen LogP contribution in [0.1, 0.15) is 0 Å². The summed E-state index contributed by atoms with van der Waals surface area (Å²) >= 11 is 0. The molecule has 0 atom stereocenters. The Morgan fingerprint density at radius 1 is 1.19 bits per heavy atom. The maximum atomic E-state index is 13.7. The van der Waals surface area contributed by atoms with Gasteiger partial charge in [0, 0.05) is 11.3 Å². The first-order valence-corrected chi connectivity index (χ1v) is 6.29. The van der Waals surface area contributed by atoms with Gasteiger partial charge in [0.2, 0.25) is 0 Å². The van der Waals surface area contributed by atoms with Gasteiger partial charge >= 0.3 is 0 Å². The van der Waals surface area contributed by atoms with Crippen LogP contribution in [0.2, 0.25) is 0 Å². The van der Waals surface area contributed by atoms with Crippen molar-refractivity contribution in [3.05, 3.63) is 54.5 Å². The number of anilines is 1. The molecular formula is C15H13FN4O. The monoisotopic (exact) mass is 284 g/mol. The lowest BCUT2D eigenvalue weighted by Gasteiger charge is -2.02. The largest absolute Gasteiger partial charge is 0.494 e. The van der Waals surface area contributed by atoms with Gasteiger partial charge in [0.25, 0.3) is 0 Å². The summed E-state index contributed by atoms with van der Waals surface area (Å²) in [4.78, 5) is 0. The number of nitrogen functional groups attached to an aromatic ring is 1. The van der Waals surface area contributed by atoms with Gasteiger partial charge in [0.1, 0.15) is 5.69 Å². The van der Waals surface area contributed by atoms with E-state index in [2.05, 4.69) is 10.3 Å². The van der Waals surface area contributed by atoms with E-state index in [1.165, 1.54) is 13.2 Å². The highest BCUT2D eigenvalue weighted by atomic mass is 19.1. The molecule has 106 valence electrons. The van der Waals surface area contributed by atoms with Gasteiger partial charge in [0.05, 0.1) is 19.0 Å². The molecule has 2 aromatic carbocycles. The molecule has 0 aliphatic rings. The Hall–Kier alpha value is -2.89. The van der Waals surface area contributed by atoms with Gasteiger partial charge in [-0.2, -0.15) is 0 Å². The van der Waals surface area contributed by atoms with E-state index in [1.54, 1.807) is 35.1 Å². The maximum Gasteiger partial charge on any atom is 0.165 e. The van der Waals surface area contributed by atoms with E-state index in [4.69, 9.17) is 10.5 Å². The Labute approximate surface area is 120 Å². The zero-order valence-electron chi connectivity index (χ0n) is 11.3. The molecule has 3 aromatic rings. The second kappa shape index (κ2) is 5.24. The van der Waals surface area contributed by atoms with Gasteiger partial charge < -0.3 is 10.5 Å². The first-order chi connectivity index (χ1) is 10.2. The second-order valence-electron chi connectivity index (χ2n) is 4.49. The third-order valence-electron chi connectivity index (χ3n) is 3.08. The van der Waals surface area contributed by atoms with E-state index in [-0.39, 0.29) is 5.75 Å². The van der Waals surface area contributed by atoms with E-state index < -0.39 is 5.82 Å². The predicted molar refractivity (Wildman–Crippen MR) is 77.7 cm³/mol. The number of aromatic nitrogens is 3. The van der Waals surface area contributed by atoms with Gasteiger partial charge in [-0.3, -0.25) is 0 Å². The molecule has 2 N–H and O–H groups in total. The highest BCUT2D eigenvalue weighted by Crippen LogP contribution is 2.24. The summed E-state index contributed by atoms with van der Waals surface area (Å²) in [6, 6.07) is 11.9. The number of ether oxygens (including phenoxy) is 1. The molecule has 0 fully saturated rings. The van der Waals surface area contributed by atoms with Crippen LogP contribution in [0, 0.1) is 5.82 Å². The summed E-state index contributed by atoms with van der Waals surface area (Å²) < 4.78 is 20.2. The minimum absolute atomic E-state index is 0.196. The van der Waals surface area contributed by atoms with Crippen LogP contribution in [-0.4, -0.2) is 22.1 Å². The molecule has 3 rings (SSSR count). The van der Waals surface area contributed by atoms with Crippen LogP contribution in [0.15, 0.2) is 48.7 Å². The number of benzene rings is 2. The third kappa shape index (κ3) is 2.55. The van der Waals surface area contributed by atoms with Gasteiger partial charge in [-0.05, 0) is 36.4 Å². The first kappa shape index (κ1) is 13.1. The molecule has 6 heteroatoms. The Bertz CT molecular complexity index is 785. The Balaban J connectivity index is 1.96. The normalized spacial score (nSPS) is 10.6. The molecule has 0 spiro atoms. The SMILES string of the molecule is COc1ccc(-c2cn(-c3cccc(N)c3)nn2)cc1F. The summed E-state index contributed by atoms with van der Waals surface area (Å²) in [6.07, 6.45) is 1.72. The van der Waals surface area contributed by atoms with Crippen LogP contribution >= 0.6 is 0 Å². The summed E-state index contributed by atoms with van der Waals surface area (Å²) in [7, 11) is 1.42. The molecule has 21 heavy (non-hydrogen) atoms. The first-order valence-electron chi connectivity index (χ1n) is 6.29. The molecule has 0 unspecified atom stereocenters. The van der Waals surface area contributed by atoms with Crippen LogP contribution in [0.25, 0.3) is 16.9 Å². The third-order valence-corrected chi connectivity index (χ3v) is 3.08. The van der Waals surface area contributed by atoms with Gasteiger partial charge in [-0.1, -0.05) is 11.3 Å². The van der Waals surface area contributed by atoms with Crippen molar-refractivity contribution in [3.8, 4) is 22.7 Å². The summed E-state index contributed by atoms with van der Waals surface area (Å²) in [6.45, 7) is 0. The van der Waals surface area contributed by atoms with Crippen LogP contribution in [0.4, 0.5) is 10.1 Å². The minimum Gasteiger partial charge on any atom is -0.494 e. The number of hydrogen-bond donors (Lipinski definition) is 1. The Kier molecular flexibility index (Phi) is 3.27. The quantitative estimate of drug-likeness (QED) is 0.751. The van der Waals surface area contributed by atoms with Crippen LogP contribution in [0.3, 0.4) is 0 Å². The topological polar surface area (TPSA) is 66.0 Å². The number of nitrogens with two attached hydrogens (primary N) is 1. The van der Waals surface area contributed by atoms with Crippen molar-refractivity contribution in [3.63, 3.8) is 0 Å². The molecule has 0 aliphatic heterocycles. The second-order valence-corrected chi connectivity index (χ2v) is 4.49. The number of halogens is 1. The summed E-state index contributed by atoms with van der Waals surface area (Å²) in [5.41, 5.74) is 8.37. The molecule has 0 bridgehead atoms. The molecule has 1 heterocycles. The molecule has 1 aromatic heterocycles. The minimum atomic E-state index is -0.437. The smallest absolute Gasteiger partial charge is 0.165 e. The molecule has 0 saturated carbocycles. The van der Waals surface area contributed by atoms with E-state index in [1.807, 2.05) is 12.1 Å². The van der Waals surface area contributed by atoms with Crippen molar-refractivity contribution in [2.24, 2.45) is 0 Å². The molecule has 0 radical (unpaired) electrons. The zero-order chi connectivity index (χ0) is 14.8. The van der Waals surface area contributed by atoms with Crippen LogP contribution in [-0.2, 0) is 0 Å². The predicted octanol–water partition coefficient (Wildman–Crippen LogP) is 2.66. The van der Waals surface area contributed by atoms with Crippen molar-refractivity contribution in [2.45, 2.75) is 0 Å². The average Bonchev–Trinajstić information content (AvgIpc) is 2.97. The Morgan fingerprint density at radius 3 is 2.76 bits per heavy atom. The lowest BCUT2D eigenvalue weighted by atomic mass is 10.1.